The van der Waals surface area contributed by atoms with Gasteiger partial charge in [0, 0.05) is 17.7 Å². The quantitative estimate of drug-likeness (QED) is 0.750. The molecule has 112 valence electrons. The zero-order chi connectivity index (χ0) is 15.5. The first-order chi connectivity index (χ1) is 10.6. The van der Waals surface area contributed by atoms with Crippen LogP contribution in [0.2, 0.25) is 0 Å². The number of carbonyl (C=O) groups is 1. The number of hydrogen-bond donors (Lipinski definition) is 2. The fourth-order valence-corrected chi connectivity index (χ4v) is 2.69. The van der Waals surface area contributed by atoms with Crippen molar-refractivity contribution in [1.82, 2.24) is 10.1 Å². The lowest BCUT2D eigenvalue weighted by atomic mass is 10.1. The zero-order valence-electron chi connectivity index (χ0n) is 11.7. The highest BCUT2D eigenvalue weighted by Crippen LogP contribution is 2.26. The van der Waals surface area contributed by atoms with E-state index in [2.05, 4.69) is 15.5 Å². The second-order valence-corrected chi connectivity index (χ2v) is 5.65. The third kappa shape index (κ3) is 2.84. The van der Waals surface area contributed by atoms with E-state index in [0.717, 1.165) is 33.9 Å². The van der Waals surface area contributed by atoms with Crippen molar-refractivity contribution in [2.24, 2.45) is 0 Å². The van der Waals surface area contributed by atoms with Crippen molar-refractivity contribution in [1.29, 1.82) is 0 Å². The molecule has 0 aliphatic rings. The van der Waals surface area contributed by atoms with Crippen LogP contribution in [0.25, 0.3) is 11.3 Å². The Morgan fingerprint density at radius 3 is 2.82 bits per heavy atom. The van der Waals surface area contributed by atoms with Crippen LogP contribution in [-0.2, 0) is 6.54 Å². The molecule has 7 heteroatoms. The van der Waals surface area contributed by atoms with Crippen molar-refractivity contribution in [2.75, 3.05) is 5.32 Å². The number of nitrogens with one attached hydrogen (secondary N) is 1. The molecule has 22 heavy (non-hydrogen) atoms. The van der Waals surface area contributed by atoms with Gasteiger partial charge in [0.2, 0.25) is 0 Å². The SMILES string of the molecule is Cc1onc(-c2ccccc2)c1CNc1ncc(C(=O)O)s1. The molecule has 3 rings (SSSR count). The van der Waals surface area contributed by atoms with Crippen molar-refractivity contribution in [3.63, 3.8) is 0 Å². The van der Waals surface area contributed by atoms with Gasteiger partial charge in [0.25, 0.3) is 0 Å². The van der Waals surface area contributed by atoms with Crippen LogP contribution in [0.1, 0.15) is 21.0 Å². The van der Waals surface area contributed by atoms with E-state index in [4.69, 9.17) is 9.63 Å². The summed E-state index contributed by atoms with van der Waals surface area (Å²) >= 11 is 1.10. The third-order valence-corrected chi connectivity index (χ3v) is 4.11. The van der Waals surface area contributed by atoms with Gasteiger partial charge < -0.3 is 14.9 Å². The lowest BCUT2D eigenvalue weighted by molar-refractivity contribution is 0.0702. The standard InChI is InChI=1S/C15H13N3O3S/c1-9-11(7-16-15-17-8-12(22-15)14(19)20)13(18-21-9)10-5-3-2-4-6-10/h2-6,8H,7H2,1H3,(H,16,17)(H,19,20). The van der Waals surface area contributed by atoms with Crippen LogP contribution < -0.4 is 5.32 Å². The molecule has 0 spiro atoms. The summed E-state index contributed by atoms with van der Waals surface area (Å²) in [7, 11) is 0. The highest BCUT2D eigenvalue weighted by molar-refractivity contribution is 7.17. The van der Waals surface area contributed by atoms with Crippen LogP contribution in [0.5, 0.6) is 0 Å². The fraction of sp³-hybridized carbons (Fsp3) is 0.133. The summed E-state index contributed by atoms with van der Waals surface area (Å²) in [6.45, 7) is 2.31. The Hall–Kier alpha value is -2.67. The molecule has 2 aromatic heterocycles. The van der Waals surface area contributed by atoms with Gasteiger partial charge in [-0.05, 0) is 6.92 Å². The topological polar surface area (TPSA) is 88.3 Å². The van der Waals surface area contributed by atoms with Crippen molar-refractivity contribution in [3.8, 4) is 11.3 Å². The van der Waals surface area contributed by atoms with Crippen molar-refractivity contribution in [3.05, 3.63) is 52.7 Å². The molecular formula is C15H13N3O3S. The Labute approximate surface area is 130 Å². The molecule has 0 atom stereocenters. The number of aryl methyl sites for hydroxylation is 1. The lowest BCUT2D eigenvalue weighted by Gasteiger charge is -2.04. The number of nitrogens with zero attached hydrogens (tertiary/aromatic N) is 2. The van der Waals surface area contributed by atoms with E-state index in [-0.39, 0.29) is 4.88 Å². The molecule has 2 N–H and O–H groups in total. The lowest BCUT2D eigenvalue weighted by Crippen LogP contribution is -2.00. The highest BCUT2D eigenvalue weighted by Gasteiger charge is 2.15. The van der Waals surface area contributed by atoms with Crippen molar-refractivity contribution >= 4 is 22.4 Å². The van der Waals surface area contributed by atoms with Gasteiger partial charge in [-0.1, -0.05) is 46.8 Å². The number of thiazole rings is 1. The molecule has 0 bridgehead atoms. The molecule has 0 radical (unpaired) electrons. The number of aromatic carboxylic acids is 1. The minimum atomic E-state index is -0.975. The van der Waals surface area contributed by atoms with Gasteiger partial charge in [-0.2, -0.15) is 0 Å². The van der Waals surface area contributed by atoms with Gasteiger partial charge in [0.05, 0.1) is 6.20 Å². The summed E-state index contributed by atoms with van der Waals surface area (Å²) in [5.41, 5.74) is 2.68. The molecule has 0 amide bonds. The van der Waals surface area contributed by atoms with Crippen LogP contribution in [0.4, 0.5) is 5.13 Å². The maximum Gasteiger partial charge on any atom is 0.347 e. The molecule has 0 unspecified atom stereocenters. The second-order valence-electron chi connectivity index (χ2n) is 4.62. The molecule has 6 nitrogen and oxygen atoms in total. The average Bonchev–Trinajstić information content (AvgIpc) is 3.13. The van der Waals surface area contributed by atoms with Gasteiger partial charge in [0.1, 0.15) is 16.3 Å². The largest absolute Gasteiger partial charge is 0.477 e. The van der Waals surface area contributed by atoms with E-state index in [1.807, 2.05) is 37.3 Å². The number of aromatic nitrogens is 2. The van der Waals surface area contributed by atoms with E-state index in [1.165, 1.54) is 6.20 Å². The first kappa shape index (κ1) is 14.3. The molecule has 0 aliphatic carbocycles. The number of rotatable bonds is 5. The van der Waals surface area contributed by atoms with E-state index in [0.29, 0.717) is 11.7 Å². The minimum Gasteiger partial charge on any atom is -0.477 e. The first-order valence-corrected chi connectivity index (χ1v) is 7.40. The molecule has 1 aromatic carbocycles. The smallest absolute Gasteiger partial charge is 0.347 e. The molecule has 3 aromatic rings. The molecular weight excluding hydrogens is 302 g/mol. The maximum atomic E-state index is 10.9. The Morgan fingerprint density at radius 1 is 1.36 bits per heavy atom. The normalized spacial score (nSPS) is 10.6. The Morgan fingerprint density at radius 2 is 2.14 bits per heavy atom. The Balaban J connectivity index is 1.80. The second kappa shape index (κ2) is 5.98. The predicted molar refractivity (Wildman–Crippen MR) is 83.1 cm³/mol. The predicted octanol–water partition coefficient (Wildman–Crippen LogP) is 3.42. The number of carboxylic acids is 1. The van der Waals surface area contributed by atoms with Gasteiger partial charge in [-0.15, -0.1) is 0 Å². The van der Waals surface area contributed by atoms with Gasteiger partial charge in [-0.3, -0.25) is 0 Å². The summed E-state index contributed by atoms with van der Waals surface area (Å²) in [5.74, 6) is -0.252. The van der Waals surface area contributed by atoms with Crippen LogP contribution in [0.3, 0.4) is 0 Å². The third-order valence-electron chi connectivity index (χ3n) is 3.16. The summed E-state index contributed by atoms with van der Waals surface area (Å²) in [6, 6.07) is 9.75. The first-order valence-electron chi connectivity index (χ1n) is 6.58. The van der Waals surface area contributed by atoms with Crippen LogP contribution >= 0.6 is 11.3 Å². The maximum absolute atomic E-state index is 10.9. The molecule has 0 saturated heterocycles. The molecule has 0 aliphatic heterocycles. The van der Waals surface area contributed by atoms with E-state index >= 15 is 0 Å². The summed E-state index contributed by atoms with van der Waals surface area (Å²) < 4.78 is 5.28. The average molecular weight is 315 g/mol. The number of benzene rings is 1. The minimum absolute atomic E-state index is 0.202. The molecule has 0 saturated carbocycles. The van der Waals surface area contributed by atoms with Crippen LogP contribution in [0, 0.1) is 6.92 Å². The Bertz CT molecular complexity index is 795. The monoisotopic (exact) mass is 315 g/mol. The van der Waals surface area contributed by atoms with Gasteiger partial charge in [-0.25, -0.2) is 9.78 Å². The van der Waals surface area contributed by atoms with Crippen molar-refractivity contribution < 1.29 is 14.4 Å². The summed E-state index contributed by atoms with van der Waals surface area (Å²) in [6.07, 6.45) is 1.34. The van der Waals surface area contributed by atoms with Crippen LogP contribution in [-0.4, -0.2) is 21.2 Å². The highest BCUT2D eigenvalue weighted by atomic mass is 32.1. The fourth-order valence-electron chi connectivity index (χ4n) is 2.04. The molecule has 2 heterocycles. The molecule has 0 fully saturated rings. The van der Waals surface area contributed by atoms with Gasteiger partial charge in [0.15, 0.2) is 5.13 Å². The number of anilines is 1. The summed E-state index contributed by atoms with van der Waals surface area (Å²) in [5, 5.41) is 16.7. The summed E-state index contributed by atoms with van der Waals surface area (Å²) in [4.78, 5) is 15.1. The van der Waals surface area contributed by atoms with Crippen LogP contribution in [0.15, 0.2) is 41.1 Å². The number of hydrogen-bond acceptors (Lipinski definition) is 6. The number of carboxylic acid groups (broad SMARTS) is 1. The van der Waals surface area contributed by atoms with E-state index in [1.54, 1.807) is 0 Å². The van der Waals surface area contributed by atoms with E-state index in [9.17, 15) is 4.79 Å². The van der Waals surface area contributed by atoms with Crippen molar-refractivity contribution in [2.45, 2.75) is 13.5 Å². The Kier molecular flexibility index (Phi) is 3.88. The van der Waals surface area contributed by atoms with E-state index < -0.39 is 5.97 Å². The zero-order valence-corrected chi connectivity index (χ0v) is 12.6. The van der Waals surface area contributed by atoms with Gasteiger partial charge >= 0.3 is 5.97 Å².